The lowest BCUT2D eigenvalue weighted by Crippen LogP contribution is -2.22. The summed E-state index contributed by atoms with van der Waals surface area (Å²) in [7, 11) is 1.22. The minimum atomic E-state index is -1.24. The van der Waals surface area contributed by atoms with Crippen LogP contribution in [0.2, 0.25) is 0 Å². The van der Waals surface area contributed by atoms with Gasteiger partial charge in [0, 0.05) is 11.8 Å². The number of carbonyl (C=O) groups is 1. The van der Waals surface area contributed by atoms with Gasteiger partial charge in [-0.3, -0.25) is 14.9 Å². The Morgan fingerprint density at radius 1 is 1.50 bits per heavy atom. The van der Waals surface area contributed by atoms with Gasteiger partial charge in [0.1, 0.15) is 11.6 Å². The monoisotopic (exact) mass is 251 g/mol. The number of pyridine rings is 1. The molecule has 0 aliphatic heterocycles. The number of ether oxygens (including phenoxy) is 1. The molecule has 3 N–H and O–H groups in total. The fraction of sp³-hybridized carbons (Fsp3) is 0.364. The van der Waals surface area contributed by atoms with Crippen molar-refractivity contribution in [1.82, 2.24) is 15.2 Å². The Balaban J connectivity index is 2.16. The molecule has 0 aliphatic rings. The molecule has 7 nitrogen and oxygen atoms in total. The Labute approximate surface area is 102 Å². The Hall–Kier alpha value is -1.99. The zero-order valence-electron chi connectivity index (χ0n) is 9.70. The maximum Gasteiger partial charge on any atom is 0.308 e. The van der Waals surface area contributed by atoms with Crippen molar-refractivity contribution in [3.8, 4) is 0 Å². The van der Waals surface area contributed by atoms with Crippen LogP contribution in [0.1, 0.15) is 18.1 Å². The van der Waals surface area contributed by atoms with Crippen LogP contribution in [0.25, 0.3) is 11.0 Å². The summed E-state index contributed by atoms with van der Waals surface area (Å²) in [6.07, 6.45) is 0.266. The normalized spacial score (nSPS) is 14.4. The number of aromatic nitrogens is 3. The minimum Gasteiger partial charge on any atom is -0.469 e. The van der Waals surface area contributed by atoms with E-state index in [2.05, 4.69) is 19.9 Å². The molecular formula is C11H13N3O4. The molecule has 0 radical (unpaired) electrons. The number of H-pyrrole nitrogens is 1. The van der Waals surface area contributed by atoms with E-state index in [1.54, 1.807) is 12.3 Å². The van der Waals surface area contributed by atoms with Gasteiger partial charge in [0.25, 0.3) is 0 Å². The van der Waals surface area contributed by atoms with E-state index in [-0.39, 0.29) is 6.42 Å². The van der Waals surface area contributed by atoms with Crippen molar-refractivity contribution in [2.24, 2.45) is 0 Å². The summed E-state index contributed by atoms with van der Waals surface area (Å²) in [6, 6.07) is 1.63. The Morgan fingerprint density at radius 2 is 2.28 bits per heavy atom. The molecule has 2 aromatic heterocycles. The van der Waals surface area contributed by atoms with Crippen molar-refractivity contribution in [1.29, 1.82) is 0 Å². The Bertz CT molecular complexity index is 554. The summed E-state index contributed by atoms with van der Waals surface area (Å²) in [5.74, 6) is -0.586. The van der Waals surface area contributed by atoms with E-state index in [0.717, 1.165) is 0 Å². The van der Waals surface area contributed by atoms with E-state index >= 15 is 0 Å². The van der Waals surface area contributed by atoms with E-state index in [1.807, 2.05) is 0 Å². The number of methoxy groups -OCH3 is 1. The summed E-state index contributed by atoms with van der Waals surface area (Å²) in [6.45, 7) is 0. The van der Waals surface area contributed by atoms with Crippen LogP contribution >= 0.6 is 0 Å². The van der Waals surface area contributed by atoms with Gasteiger partial charge >= 0.3 is 5.97 Å². The molecule has 96 valence electrons. The average Bonchev–Trinajstić information content (AvgIpc) is 2.84. The zero-order valence-corrected chi connectivity index (χ0v) is 9.70. The van der Waals surface area contributed by atoms with Crippen molar-refractivity contribution >= 4 is 17.0 Å². The van der Waals surface area contributed by atoms with Crippen LogP contribution in [-0.4, -0.2) is 44.6 Å². The number of rotatable bonds is 4. The molecule has 2 heterocycles. The number of aromatic amines is 1. The van der Waals surface area contributed by atoms with Gasteiger partial charge in [-0.1, -0.05) is 0 Å². The van der Waals surface area contributed by atoms with Crippen LogP contribution in [0.3, 0.4) is 0 Å². The predicted octanol–water partition coefficient (Wildman–Crippen LogP) is -0.0847. The molecule has 0 spiro atoms. The molecule has 18 heavy (non-hydrogen) atoms. The maximum absolute atomic E-state index is 11.0. The van der Waals surface area contributed by atoms with Crippen LogP contribution in [0.15, 0.2) is 18.5 Å². The molecule has 2 aromatic rings. The van der Waals surface area contributed by atoms with Crippen LogP contribution in [0, 0.1) is 0 Å². The first-order valence-corrected chi connectivity index (χ1v) is 5.34. The predicted molar refractivity (Wildman–Crippen MR) is 61.5 cm³/mol. The van der Waals surface area contributed by atoms with Crippen LogP contribution < -0.4 is 0 Å². The quantitative estimate of drug-likeness (QED) is 0.656. The van der Waals surface area contributed by atoms with Crippen LogP contribution in [-0.2, 0) is 9.53 Å². The lowest BCUT2D eigenvalue weighted by atomic mass is 10.0. The summed E-state index contributed by atoms with van der Waals surface area (Å²) in [5.41, 5.74) is 1.72. The number of nitrogens with one attached hydrogen (secondary N) is 1. The largest absolute Gasteiger partial charge is 0.469 e. The fourth-order valence-electron chi connectivity index (χ4n) is 1.60. The van der Waals surface area contributed by atoms with Gasteiger partial charge in [-0.05, 0) is 6.07 Å². The van der Waals surface area contributed by atoms with E-state index < -0.39 is 18.2 Å². The maximum atomic E-state index is 11.0. The first kappa shape index (κ1) is 12.5. The first-order valence-electron chi connectivity index (χ1n) is 5.34. The van der Waals surface area contributed by atoms with E-state index in [1.165, 1.54) is 13.3 Å². The number of carbonyl (C=O) groups excluding carboxylic acids is 1. The topological polar surface area (TPSA) is 108 Å². The number of aliphatic hydroxyl groups excluding tert-OH is 2. The van der Waals surface area contributed by atoms with Gasteiger partial charge in [0.05, 0.1) is 31.3 Å². The summed E-state index contributed by atoms with van der Waals surface area (Å²) >= 11 is 0. The van der Waals surface area contributed by atoms with Crippen molar-refractivity contribution < 1.29 is 19.7 Å². The smallest absolute Gasteiger partial charge is 0.308 e. The molecule has 2 rings (SSSR count). The Morgan fingerprint density at radius 3 is 3.00 bits per heavy atom. The van der Waals surface area contributed by atoms with E-state index in [9.17, 15) is 15.0 Å². The molecule has 0 saturated heterocycles. The second-order valence-corrected chi connectivity index (χ2v) is 3.86. The third-order valence-corrected chi connectivity index (χ3v) is 2.62. The van der Waals surface area contributed by atoms with Gasteiger partial charge in [-0.2, -0.15) is 5.10 Å². The minimum absolute atomic E-state index is 0.279. The number of esters is 1. The highest BCUT2D eigenvalue weighted by Gasteiger charge is 2.22. The second-order valence-electron chi connectivity index (χ2n) is 3.86. The average molecular weight is 251 g/mol. The molecule has 0 aliphatic carbocycles. The fourth-order valence-corrected chi connectivity index (χ4v) is 1.60. The number of nitrogens with zero attached hydrogens (tertiary/aromatic N) is 2. The SMILES string of the molecule is COC(=O)CC(O)C(O)c1cnc2cn[nH]c2c1. The molecular weight excluding hydrogens is 238 g/mol. The number of hydrogen-bond donors (Lipinski definition) is 3. The third kappa shape index (κ3) is 2.47. The molecule has 0 bridgehead atoms. The lowest BCUT2D eigenvalue weighted by molar-refractivity contribution is -0.144. The second kappa shape index (κ2) is 5.11. The van der Waals surface area contributed by atoms with Gasteiger partial charge in [0.15, 0.2) is 0 Å². The zero-order chi connectivity index (χ0) is 13.1. The van der Waals surface area contributed by atoms with Crippen molar-refractivity contribution in [2.45, 2.75) is 18.6 Å². The highest BCUT2D eigenvalue weighted by Crippen LogP contribution is 2.21. The van der Waals surface area contributed by atoms with E-state index in [0.29, 0.717) is 16.6 Å². The van der Waals surface area contributed by atoms with E-state index in [4.69, 9.17) is 0 Å². The van der Waals surface area contributed by atoms with Crippen molar-refractivity contribution in [3.05, 3.63) is 24.0 Å². The molecule has 2 unspecified atom stereocenters. The van der Waals surface area contributed by atoms with Gasteiger partial charge in [-0.25, -0.2) is 0 Å². The third-order valence-electron chi connectivity index (χ3n) is 2.62. The summed E-state index contributed by atoms with van der Waals surface area (Å²) in [5, 5.41) is 26.1. The number of aliphatic hydroxyl groups is 2. The van der Waals surface area contributed by atoms with Gasteiger partial charge in [0.2, 0.25) is 0 Å². The molecule has 2 atom stereocenters. The van der Waals surface area contributed by atoms with Crippen molar-refractivity contribution in [2.75, 3.05) is 7.11 Å². The molecule has 0 aromatic carbocycles. The van der Waals surface area contributed by atoms with Crippen LogP contribution in [0.4, 0.5) is 0 Å². The van der Waals surface area contributed by atoms with Crippen LogP contribution in [0.5, 0.6) is 0 Å². The standard InChI is InChI=1S/C11H13N3O4/c1-18-10(16)3-9(15)11(17)6-2-7-8(12-4-6)5-13-14-7/h2,4-5,9,11,15,17H,3H2,1H3,(H,13,14). The molecule has 0 amide bonds. The highest BCUT2D eigenvalue weighted by atomic mass is 16.5. The molecule has 0 saturated carbocycles. The van der Waals surface area contributed by atoms with Crippen molar-refractivity contribution in [3.63, 3.8) is 0 Å². The first-order chi connectivity index (χ1) is 8.61. The Kier molecular flexibility index (Phi) is 3.54. The molecule has 7 heteroatoms. The van der Waals surface area contributed by atoms with Gasteiger partial charge < -0.3 is 14.9 Å². The van der Waals surface area contributed by atoms with Gasteiger partial charge in [-0.15, -0.1) is 0 Å². The summed E-state index contributed by atoms with van der Waals surface area (Å²) in [4.78, 5) is 15.1. The lowest BCUT2D eigenvalue weighted by Gasteiger charge is -2.16. The summed E-state index contributed by atoms with van der Waals surface area (Å²) < 4.78 is 4.42. The molecule has 0 fully saturated rings. The number of hydrogen-bond acceptors (Lipinski definition) is 6. The number of fused-ring (bicyclic) bond motifs is 1. The highest BCUT2D eigenvalue weighted by molar-refractivity contribution is 5.73.